The highest BCUT2D eigenvalue weighted by Crippen LogP contribution is 2.20. The Labute approximate surface area is 108 Å². The van der Waals surface area contributed by atoms with Crippen LogP contribution in [-0.2, 0) is 4.74 Å². The van der Waals surface area contributed by atoms with Crippen LogP contribution in [0.2, 0.25) is 0 Å². The van der Waals surface area contributed by atoms with Gasteiger partial charge in [-0.25, -0.2) is 4.98 Å². The number of aryl methyl sites for hydroxylation is 1. The first-order valence-corrected chi connectivity index (χ1v) is 6.66. The van der Waals surface area contributed by atoms with Gasteiger partial charge in [0.25, 0.3) is 0 Å². The molecule has 5 nitrogen and oxygen atoms in total. The van der Waals surface area contributed by atoms with Crippen LogP contribution < -0.4 is 10.6 Å². The van der Waals surface area contributed by atoms with Crippen molar-refractivity contribution >= 4 is 11.8 Å². The zero-order chi connectivity index (χ0) is 13.0. The zero-order valence-corrected chi connectivity index (χ0v) is 11.2. The number of ether oxygens (including phenoxy) is 1. The van der Waals surface area contributed by atoms with Gasteiger partial charge in [-0.05, 0) is 26.2 Å². The van der Waals surface area contributed by atoms with Crippen LogP contribution in [0.4, 0.5) is 11.8 Å². The molecule has 2 rings (SSSR count). The molecule has 18 heavy (non-hydrogen) atoms. The Balaban J connectivity index is 2.03. The van der Waals surface area contributed by atoms with Crippen LogP contribution in [0.3, 0.4) is 0 Å². The average molecular weight is 250 g/mol. The lowest BCUT2D eigenvalue weighted by atomic mass is 10.1. The minimum atomic E-state index is 0.315. The van der Waals surface area contributed by atoms with Gasteiger partial charge in [-0.15, -0.1) is 0 Å². The van der Waals surface area contributed by atoms with Gasteiger partial charge in [0, 0.05) is 31.5 Å². The van der Waals surface area contributed by atoms with Crippen molar-refractivity contribution in [1.82, 2.24) is 9.97 Å². The number of piperidine rings is 1. The summed E-state index contributed by atoms with van der Waals surface area (Å²) < 4.78 is 5.83. The molecule has 1 saturated heterocycles. The third-order valence-electron chi connectivity index (χ3n) is 3.12. The van der Waals surface area contributed by atoms with Gasteiger partial charge in [0.15, 0.2) is 0 Å². The Morgan fingerprint density at radius 3 is 3.06 bits per heavy atom. The van der Waals surface area contributed by atoms with Crippen molar-refractivity contribution in [2.75, 3.05) is 30.3 Å². The summed E-state index contributed by atoms with van der Waals surface area (Å²) in [5.74, 6) is 1.27. The van der Waals surface area contributed by atoms with E-state index in [2.05, 4.69) is 21.8 Å². The molecular formula is C13H22N4O. The minimum Gasteiger partial charge on any atom is -0.376 e. The van der Waals surface area contributed by atoms with E-state index in [1.807, 2.05) is 13.0 Å². The minimum absolute atomic E-state index is 0.315. The Bertz CT molecular complexity index is 376. The van der Waals surface area contributed by atoms with Crippen molar-refractivity contribution in [2.45, 2.75) is 39.2 Å². The molecule has 0 aromatic carbocycles. The molecule has 0 bridgehead atoms. The predicted molar refractivity (Wildman–Crippen MR) is 72.7 cm³/mol. The number of rotatable bonds is 4. The maximum absolute atomic E-state index is 5.83. The molecule has 5 heteroatoms. The van der Waals surface area contributed by atoms with Gasteiger partial charge in [0.2, 0.25) is 5.95 Å². The third-order valence-corrected chi connectivity index (χ3v) is 3.12. The summed E-state index contributed by atoms with van der Waals surface area (Å²) in [6.45, 7) is 6.83. The fourth-order valence-corrected chi connectivity index (χ4v) is 2.30. The average Bonchev–Trinajstić information content (AvgIpc) is 2.35. The third kappa shape index (κ3) is 3.32. The molecule has 1 aliphatic heterocycles. The molecule has 0 spiro atoms. The highest BCUT2D eigenvalue weighted by atomic mass is 16.5. The van der Waals surface area contributed by atoms with Gasteiger partial charge in [-0.3, -0.25) is 0 Å². The number of nitrogens with two attached hydrogens (primary N) is 1. The van der Waals surface area contributed by atoms with Crippen molar-refractivity contribution in [2.24, 2.45) is 0 Å². The summed E-state index contributed by atoms with van der Waals surface area (Å²) >= 11 is 0. The summed E-state index contributed by atoms with van der Waals surface area (Å²) in [6.07, 6.45) is 3.65. The summed E-state index contributed by atoms with van der Waals surface area (Å²) in [5, 5.41) is 0. The maximum Gasteiger partial charge on any atom is 0.222 e. The molecule has 1 fully saturated rings. The fraction of sp³-hybridized carbons (Fsp3) is 0.692. The molecule has 1 atom stereocenters. The smallest absolute Gasteiger partial charge is 0.222 e. The second-order valence-electron chi connectivity index (χ2n) is 4.81. The van der Waals surface area contributed by atoms with Crippen molar-refractivity contribution < 1.29 is 4.74 Å². The molecular weight excluding hydrogens is 228 g/mol. The largest absolute Gasteiger partial charge is 0.376 e. The van der Waals surface area contributed by atoms with E-state index in [4.69, 9.17) is 10.5 Å². The van der Waals surface area contributed by atoms with E-state index in [1.165, 1.54) is 0 Å². The van der Waals surface area contributed by atoms with Crippen LogP contribution in [0.5, 0.6) is 0 Å². The van der Waals surface area contributed by atoms with Gasteiger partial charge in [-0.2, -0.15) is 4.98 Å². The van der Waals surface area contributed by atoms with E-state index in [-0.39, 0.29) is 0 Å². The number of nitrogen functional groups attached to an aromatic ring is 1. The normalized spacial score (nSPS) is 20.1. The quantitative estimate of drug-likeness (QED) is 0.882. The molecule has 0 saturated carbocycles. The van der Waals surface area contributed by atoms with E-state index in [0.29, 0.717) is 12.1 Å². The molecule has 1 aromatic rings. The van der Waals surface area contributed by atoms with Crippen LogP contribution in [0, 0.1) is 6.92 Å². The molecule has 0 radical (unpaired) electrons. The van der Waals surface area contributed by atoms with Crippen LogP contribution >= 0.6 is 0 Å². The standard InChI is InChI=1S/C13H22N4O/c1-3-7-18-11-5-4-6-17(9-11)12-8-10(2)15-13(14)16-12/h8,11H,3-7,9H2,1-2H3,(H2,14,15,16). The van der Waals surface area contributed by atoms with Gasteiger partial charge < -0.3 is 15.4 Å². The maximum atomic E-state index is 5.83. The summed E-state index contributed by atoms with van der Waals surface area (Å²) in [7, 11) is 0. The predicted octanol–water partition coefficient (Wildman–Crippen LogP) is 1.76. The Morgan fingerprint density at radius 2 is 2.33 bits per heavy atom. The van der Waals surface area contributed by atoms with Crippen LogP contribution in [0.1, 0.15) is 31.9 Å². The Hall–Kier alpha value is -1.36. The SMILES string of the molecule is CCCOC1CCCN(c2cc(C)nc(N)n2)C1. The number of hydrogen-bond acceptors (Lipinski definition) is 5. The lowest BCUT2D eigenvalue weighted by Crippen LogP contribution is -2.40. The lowest BCUT2D eigenvalue weighted by molar-refractivity contribution is 0.0439. The fourth-order valence-electron chi connectivity index (χ4n) is 2.30. The highest BCUT2D eigenvalue weighted by Gasteiger charge is 2.21. The second-order valence-corrected chi connectivity index (χ2v) is 4.81. The summed E-state index contributed by atoms with van der Waals surface area (Å²) in [5.41, 5.74) is 6.61. The van der Waals surface area contributed by atoms with Crippen LogP contribution in [-0.4, -0.2) is 35.8 Å². The summed E-state index contributed by atoms with van der Waals surface area (Å²) in [4.78, 5) is 10.7. The highest BCUT2D eigenvalue weighted by molar-refractivity contribution is 5.43. The van der Waals surface area contributed by atoms with Crippen LogP contribution in [0.25, 0.3) is 0 Å². The summed E-state index contributed by atoms with van der Waals surface area (Å²) in [6, 6.07) is 1.98. The van der Waals surface area contributed by atoms with Crippen molar-refractivity contribution in [3.8, 4) is 0 Å². The Morgan fingerprint density at radius 1 is 1.50 bits per heavy atom. The van der Waals surface area contributed by atoms with Crippen molar-refractivity contribution in [3.05, 3.63) is 11.8 Å². The van der Waals surface area contributed by atoms with E-state index >= 15 is 0 Å². The first kappa shape index (κ1) is 13.1. The molecule has 1 aliphatic rings. The lowest BCUT2D eigenvalue weighted by Gasteiger charge is -2.33. The van der Waals surface area contributed by atoms with E-state index < -0.39 is 0 Å². The van der Waals surface area contributed by atoms with E-state index in [0.717, 1.165) is 50.5 Å². The first-order chi connectivity index (χ1) is 8.69. The number of hydrogen-bond donors (Lipinski definition) is 1. The number of aromatic nitrogens is 2. The van der Waals surface area contributed by atoms with Gasteiger partial charge >= 0.3 is 0 Å². The van der Waals surface area contributed by atoms with Crippen molar-refractivity contribution in [3.63, 3.8) is 0 Å². The molecule has 0 aliphatic carbocycles. The molecule has 1 unspecified atom stereocenters. The van der Waals surface area contributed by atoms with E-state index in [9.17, 15) is 0 Å². The molecule has 2 N–H and O–H groups in total. The molecule has 100 valence electrons. The topological polar surface area (TPSA) is 64.3 Å². The van der Waals surface area contributed by atoms with Crippen LogP contribution in [0.15, 0.2) is 6.07 Å². The second kappa shape index (κ2) is 6.00. The monoisotopic (exact) mass is 250 g/mol. The van der Waals surface area contributed by atoms with E-state index in [1.54, 1.807) is 0 Å². The molecule has 0 amide bonds. The first-order valence-electron chi connectivity index (χ1n) is 6.66. The van der Waals surface area contributed by atoms with Gasteiger partial charge in [-0.1, -0.05) is 6.92 Å². The van der Waals surface area contributed by atoms with Crippen molar-refractivity contribution in [1.29, 1.82) is 0 Å². The van der Waals surface area contributed by atoms with Gasteiger partial charge in [0.05, 0.1) is 6.10 Å². The number of anilines is 2. The molecule has 1 aromatic heterocycles. The number of nitrogens with zero attached hydrogens (tertiary/aromatic N) is 3. The Kier molecular flexibility index (Phi) is 4.36. The zero-order valence-electron chi connectivity index (χ0n) is 11.2. The van der Waals surface area contributed by atoms with Gasteiger partial charge in [0.1, 0.15) is 5.82 Å². The molecule has 2 heterocycles.